The third-order valence-corrected chi connectivity index (χ3v) is 9.11. The molecule has 2 aromatic heterocycles. The van der Waals surface area contributed by atoms with Crippen LogP contribution < -0.4 is 0 Å². The van der Waals surface area contributed by atoms with Gasteiger partial charge in [0.25, 0.3) is 0 Å². The zero-order valence-electron chi connectivity index (χ0n) is 22.3. The molecule has 0 atom stereocenters. The summed E-state index contributed by atoms with van der Waals surface area (Å²) in [5.41, 5.74) is 8.37. The van der Waals surface area contributed by atoms with Gasteiger partial charge in [-0.3, -0.25) is 0 Å². The Morgan fingerprint density at radius 1 is 0.476 bits per heavy atom. The highest BCUT2D eigenvalue weighted by Crippen LogP contribution is 2.41. The van der Waals surface area contributed by atoms with Gasteiger partial charge in [-0.25, -0.2) is 0 Å². The van der Waals surface area contributed by atoms with Gasteiger partial charge in [-0.2, -0.15) is 10.5 Å². The molecule has 0 spiro atoms. The number of rotatable bonds is 3. The Hall–Kier alpha value is -5.68. The highest BCUT2D eigenvalue weighted by molar-refractivity contribution is 7.25. The van der Waals surface area contributed by atoms with E-state index in [1.807, 2.05) is 36.4 Å². The SMILES string of the molecule is N#Cc1ccc(-c2cc(-c3ccc4c(c3)sc3ccccc34)cc(-c3ccc4c(c3)oc3ccccc34)c2C#N)cc1. The Kier molecular flexibility index (Phi) is 5.44. The van der Waals surface area contributed by atoms with E-state index in [9.17, 15) is 10.5 Å². The standard InChI is InChI=1S/C38H20N2OS/c39-21-23-9-11-24(12-10-23)32-17-27(25-13-16-31-30-6-2-4-8-37(30)42-38(31)20-25)18-33(34(32)22-40)26-14-15-29-28-5-1-3-7-35(28)41-36(29)19-26/h1-20H. The number of nitriles is 2. The molecule has 6 aromatic carbocycles. The first-order chi connectivity index (χ1) is 20.7. The Bertz CT molecular complexity index is 2430. The molecule has 8 aromatic rings. The summed E-state index contributed by atoms with van der Waals surface area (Å²) in [5.74, 6) is 0. The molecule has 0 saturated carbocycles. The molecule has 0 aliphatic carbocycles. The Balaban J connectivity index is 1.38. The van der Waals surface area contributed by atoms with Gasteiger partial charge < -0.3 is 4.42 Å². The lowest BCUT2D eigenvalue weighted by Crippen LogP contribution is -1.93. The fourth-order valence-corrected chi connectivity index (χ4v) is 7.05. The lowest BCUT2D eigenvalue weighted by atomic mass is 9.88. The number of furan rings is 1. The summed E-state index contributed by atoms with van der Waals surface area (Å²) in [4.78, 5) is 0. The smallest absolute Gasteiger partial charge is 0.136 e. The van der Waals surface area contributed by atoms with E-state index in [0.29, 0.717) is 11.1 Å². The van der Waals surface area contributed by atoms with E-state index in [0.717, 1.165) is 55.3 Å². The highest BCUT2D eigenvalue weighted by atomic mass is 32.1. The largest absolute Gasteiger partial charge is 0.456 e. The maximum absolute atomic E-state index is 10.5. The molecule has 0 radical (unpaired) electrons. The van der Waals surface area contributed by atoms with Crippen molar-refractivity contribution in [1.29, 1.82) is 10.5 Å². The molecular weight excluding hydrogens is 532 g/mol. The quantitative estimate of drug-likeness (QED) is 0.219. The topological polar surface area (TPSA) is 60.7 Å². The summed E-state index contributed by atoms with van der Waals surface area (Å²) in [7, 11) is 0. The van der Waals surface area contributed by atoms with Crippen LogP contribution in [0.3, 0.4) is 0 Å². The first kappa shape index (κ1) is 24.1. The van der Waals surface area contributed by atoms with Crippen LogP contribution in [0.25, 0.3) is 75.5 Å². The summed E-state index contributed by atoms with van der Waals surface area (Å²) in [6.45, 7) is 0. The number of para-hydroxylation sites is 1. The maximum Gasteiger partial charge on any atom is 0.136 e. The first-order valence-electron chi connectivity index (χ1n) is 13.6. The molecule has 0 aliphatic rings. The lowest BCUT2D eigenvalue weighted by Gasteiger charge is -2.14. The second-order valence-corrected chi connectivity index (χ2v) is 11.4. The number of fused-ring (bicyclic) bond motifs is 6. The normalized spacial score (nSPS) is 11.3. The summed E-state index contributed by atoms with van der Waals surface area (Å²) >= 11 is 1.79. The van der Waals surface area contributed by atoms with E-state index < -0.39 is 0 Å². The molecule has 0 aliphatic heterocycles. The second-order valence-electron chi connectivity index (χ2n) is 10.4. The number of thiophene rings is 1. The van der Waals surface area contributed by atoms with Crippen LogP contribution in [0.5, 0.6) is 0 Å². The number of hydrogen-bond acceptors (Lipinski definition) is 4. The Labute approximate surface area is 245 Å². The van der Waals surface area contributed by atoms with Gasteiger partial charge in [0.05, 0.1) is 17.2 Å². The van der Waals surface area contributed by atoms with E-state index >= 15 is 0 Å². The van der Waals surface area contributed by atoms with Crippen LogP contribution in [0.1, 0.15) is 11.1 Å². The summed E-state index contributed by atoms with van der Waals surface area (Å²) in [6, 6.07) is 45.6. The van der Waals surface area contributed by atoms with E-state index in [-0.39, 0.29) is 0 Å². The molecule has 0 N–H and O–H groups in total. The monoisotopic (exact) mass is 552 g/mol. The van der Waals surface area contributed by atoms with Gasteiger partial charge in [-0.15, -0.1) is 11.3 Å². The van der Waals surface area contributed by atoms with Gasteiger partial charge in [0, 0.05) is 42.1 Å². The summed E-state index contributed by atoms with van der Waals surface area (Å²) in [5, 5.41) is 24.5. The number of benzene rings is 6. The van der Waals surface area contributed by atoms with Gasteiger partial charge in [-0.05, 0) is 76.9 Å². The average molecular weight is 553 g/mol. The van der Waals surface area contributed by atoms with Crippen LogP contribution in [0, 0.1) is 22.7 Å². The molecule has 194 valence electrons. The van der Waals surface area contributed by atoms with Gasteiger partial charge in [0.2, 0.25) is 0 Å². The molecule has 42 heavy (non-hydrogen) atoms. The molecule has 3 nitrogen and oxygen atoms in total. The summed E-state index contributed by atoms with van der Waals surface area (Å²) in [6.07, 6.45) is 0. The van der Waals surface area contributed by atoms with Crippen LogP contribution in [0.4, 0.5) is 0 Å². The molecule has 0 fully saturated rings. The third kappa shape index (κ3) is 3.79. The first-order valence-corrected chi connectivity index (χ1v) is 14.4. The summed E-state index contributed by atoms with van der Waals surface area (Å²) < 4.78 is 8.70. The lowest BCUT2D eigenvalue weighted by molar-refractivity contribution is 0.669. The molecule has 2 heterocycles. The fourth-order valence-electron chi connectivity index (χ4n) is 5.91. The van der Waals surface area contributed by atoms with E-state index in [1.54, 1.807) is 23.5 Å². The van der Waals surface area contributed by atoms with Crippen molar-refractivity contribution in [1.82, 2.24) is 0 Å². The fraction of sp³-hybridized carbons (Fsp3) is 0. The van der Waals surface area contributed by atoms with Gasteiger partial charge in [0.1, 0.15) is 17.2 Å². The second kappa shape index (κ2) is 9.46. The van der Waals surface area contributed by atoms with Crippen molar-refractivity contribution in [2.24, 2.45) is 0 Å². The van der Waals surface area contributed by atoms with Crippen LogP contribution in [0.2, 0.25) is 0 Å². The van der Waals surface area contributed by atoms with E-state index in [2.05, 4.69) is 84.9 Å². The zero-order chi connectivity index (χ0) is 28.2. The minimum Gasteiger partial charge on any atom is -0.456 e. The van der Waals surface area contributed by atoms with Crippen molar-refractivity contribution in [3.8, 4) is 45.5 Å². The van der Waals surface area contributed by atoms with Crippen molar-refractivity contribution >= 4 is 53.4 Å². The van der Waals surface area contributed by atoms with Crippen molar-refractivity contribution in [2.45, 2.75) is 0 Å². The van der Waals surface area contributed by atoms with Crippen molar-refractivity contribution in [3.63, 3.8) is 0 Å². The van der Waals surface area contributed by atoms with Gasteiger partial charge in [-0.1, -0.05) is 66.7 Å². The van der Waals surface area contributed by atoms with Crippen molar-refractivity contribution in [3.05, 3.63) is 132 Å². The maximum atomic E-state index is 10.5. The molecule has 0 bridgehead atoms. The number of nitrogens with zero attached hydrogens (tertiary/aromatic N) is 2. The van der Waals surface area contributed by atoms with Crippen LogP contribution in [0.15, 0.2) is 126 Å². The van der Waals surface area contributed by atoms with Crippen LogP contribution in [-0.2, 0) is 0 Å². The predicted octanol–water partition coefficient (Wildman–Crippen LogP) is 10.7. The van der Waals surface area contributed by atoms with Gasteiger partial charge in [0.15, 0.2) is 0 Å². The van der Waals surface area contributed by atoms with Gasteiger partial charge >= 0.3 is 0 Å². The predicted molar refractivity (Wildman–Crippen MR) is 172 cm³/mol. The Morgan fingerprint density at radius 3 is 1.93 bits per heavy atom. The van der Waals surface area contributed by atoms with E-state index in [1.165, 1.54) is 20.2 Å². The van der Waals surface area contributed by atoms with E-state index in [4.69, 9.17) is 4.42 Å². The molecule has 4 heteroatoms. The van der Waals surface area contributed by atoms with Crippen molar-refractivity contribution in [2.75, 3.05) is 0 Å². The molecule has 0 amide bonds. The minimum absolute atomic E-state index is 0.583. The zero-order valence-corrected chi connectivity index (χ0v) is 23.1. The Morgan fingerprint density at radius 2 is 1.12 bits per heavy atom. The molecular formula is C38H20N2OS. The van der Waals surface area contributed by atoms with Crippen LogP contribution in [-0.4, -0.2) is 0 Å². The number of hydrogen-bond donors (Lipinski definition) is 0. The molecule has 0 unspecified atom stereocenters. The molecule has 0 saturated heterocycles. The van der Waals surface area contributed by atoms with Crippen LogP contribution >= 0.6 is 11.3 Å². The third-order valence-electron chi connectivity index (χ3n) is 7.98. The minimum atomic E-state index is 0.583. The molecule has 8 rings (SSSR count). The average Bonchev–Trinajstić information content (AvgIpc) is 3.61. The highest BCUT2D eigenvalue weighted by Gasteiger charge is 2.18. The van der Waals surface area contributed by atoms with Crippen molar-refractivity contribution < 1.29 is 4.42 Å².